The van der Waals surface area contributed by atoms with Gasteiger partial charge in [0.25, 0.3) is 0 Å². The molecular formula is C27H30N2O5. The van der Waals surface area contributed by atoms with Gasteiger partial charge in [-0.05, 0) is 28.8 Å². The molecule has 0 spiro atoms. The molecule has 7 nitrogen and oxygen atoms in total. The highest BCUT2D eigenvalue weighted by Crippen LogP contribution is 2.29. The lowest BCUT2D eigenvalue weighted by molar-refractivity contribution is -0.141. The molecule has 0 aliphatic carbocycles. The summed E-state index contributed by atoms with van der Waals surface area (Å²) in [4.78, 5) is 28.5. The maximum Gasteiger partial charge on any atom is 0.247 e. The lowest BCUT2D eigenvalue weighted by atomic mass is 10.0. The molecular weight excluding hydrogens is 432 g/mol. The van der Waals surface area contributed by atoms with Crippen molar-refractivity contribution < 1.29 is 24.2 Å². The number of hydrogen-bond donors (Lipinski definition) is 2. The Hall–Kier alpha value is -3.84. The molecule has 178 valence electrons. The number of amides is 2. The second-order valence-corrected chi connectivity index (χ2v) is 7.70. The van der Waals surface area contributed by atoms with Crippen LogP contribution in [0.5, 0.6) is 11.5 Å². The predicted octanol–water partition coefficient (Wildman–Crippen LogP) is 3.12. The highest BCUT2D eigenvalue weighted by Gasteiger charge is 2.31. The first kappa shape index (κ1) is 24.8. The van der Waals surface area contributed by atoms with E-state index in [0.717, 1.165) is 11.1 Å². The van der Waals surface area contributed by atoms with E-state index in [2.05, 4.69) is 5.32 Å². The van der Waals surface area contributed by atoms with Crippen molar-refractivity contribution in [3.05, 3.63) is 95.6 Å². The maximum atomic E-state index is 13.7. The molecule has 0 saturated carbocycles. The highest BCUT2D eigenvalue weighted by atomic mass is 16.5. The first-order valence-corrected chi connectivity index (χ1v) is 11.0. The van der Waals surface area contributed by atoms with Gasteiger partial charge in [-0.1, -0.05) is 66.7 Å². The normalized spacial score (nSPS) is 11.4. The van der Waals surface area contributed by atoms with Crippen molar-refractivity contribution in [3.8, 4) is 11.5 Å². The number of methoxy groups -OCH3 is 2. The second kappa shape index (κ2) is 12.4. The van der Waals surface area contributed by atoms with Crippen LogP contribution in [0.1, 0.15) is 22.7 Å². The molecule has 1 atom stereocenters. The van der Waals surface area contributed by atoms with E-state index in [0.29, 0.717) is 17.1 Å². The topological polar surface area (TPSA) is 88.1 Å². The van der Waals surface area contributed by atoms with E-state index in [1.54, 1.807) is 31.3 Å². The van der Waals surface area contributed by atoms with Gasteiger partial charge < -0.3 is 24.8 Å². The molecule has 0 saturated heterocycles. The van der Waals surface area contributed by atoms with Gasteiger partial charge in [-0.25, -0.2) is 0 Å². The number of aliphatic hydroxyl groups is 1. The number of carbonyl (C=O) groups excluding carboxylic acids is 2. The third-order valence-electron chi connectivity index (χ3n) is 5.41. The Bertz CT molecular complexity index is 1070. The number of rotatable bonds is 11. The van der Waals surface area contributed by atoms with E-state index < -0.39 is 6.04 Å². The van der Waals surface area contributed by atoms with Crippen LogP contribution in [-0.4, -0.2) is 49.2 Å². The summed E-state index contributed by atoms with van der Waals surface area (Å²) in [5.41, 5.74) is 2.33. The van der Waals surface area contributed by atoms with Gasteiger partial charge in [0.1, 0.15) is 6.04 Å². The summed E-state index contributed by atoms with van der Waals surface area (Å²) in [5.74, 6) is 0.536. The van der Waals surface area contributed by atoms with E-state index in [4.69, 9.17) is 9.47 Å². The lowest BCUT2D eigenvalue weighted by Gasteiger charge is -2.32. The van der Waals surface area contributed by atoms with Gasteiger partial charge in [-0.2, -0.15) is 0 Å². The van der Waals surface area contributed by atoms with Crippen LogP contribution in [0.2, 0.25) is 0 Å². The molecule has 2 N–H and O–H groups in total. The Labute approximate surface area is 199 Å². The molecule has 2 amide bonds. The third-order valence-corrected chi connectivity index (χ3v) is 5.41. The first-order valence-electron chi connectivity index (χ1n) is 11.0. The number of aliphatic hydroxyl groups excluding tert-OH is 1. The predicted molar refractivity (Wildman–Crippen MR) is 130 cm³/mol. The molecule has 1 unspecified atom stereocenters. The molecule has 0 bridgehead atoms. The van der Waals surface area contributed by atoms with Crippen LogP contribution in [0.4, 0.5) is 0 Å². The Balaban J connectivity index is 1.98. The number of carbonyl (C=O) groups is 2. The summed E-state index contributed by atoms with van der Waals surface area (Å²) in [6.45, 7) is 0.163. The van der Waals surface area contributed by atoms with Gasteiger partial charge in [0.2, 0.25) is 11.8 Å². The minimum absolute atomic E-state index is 0.0732. The zero-order valence-corrected chi connectivity index (χ0v) is 19.4. The third kappa shape index (κ3) is 6.36. The minimum Gasteiger partial charge on any atom is -0.493 e. The van der Waals surface area contributed by atoms with Crippen LogP contribution in [0, 0.1) is 0 Å². The molecule has 3 aromatic carbocycles. The van der Waals surface area contributed by atoms with Gasteiger partial charge in [0.05, 0.1) is 27.2 Å². The average molecular weight is 463 g/mol. The van der Waals surface area contributed by atoms with Gasteiger partial charge in [0.15, 0.2) is 11.5 Å². The van der Waals surface area contributed by atoms with Crippen molar-refractivity contribution in [2.45, 2.75) is 19.0 Å². The largest absolute Gasteiger partial charge is 0.493 e. The number of nitrogens with one attached hydrogen (secondary N) is 1. The fraction of sp³-hybridized carbons (Fsp3) is 0.259. The number of ether oxygens (including phenoxy) is 2. The Morgan fingerprint density at radius 3 is 2.15 bits per heavy atom. The van der Waals surface area contributed by atoms with Crippen LogP contribution >= 0.6 is 0 Å². The van der Waals surface area contributed by atoms with Crippen LogP contribution in [0.15, 0.2) is 78.9 Å². The Morgan fingerprint density at radius 1 is 0.882 bits per heavy atom. The SMILES string of the molecule is COc1ccc(CC(=O)N(Cc2ccccc2)C(C(=O)NCCO)c2ccccc2)cc1OC. The Morgan fingerprint density at radius 2 is 1.53 bits per heavy atom. The first-order chi connectivity index (χ1) is 16.6. The molecule has 0 aliphatic heterocycles. The van der Waals surface area contributed by atoms with Crippen molar-refractivity contribution in [2.75, 3.05) is 27.4 Å². The number of benzene rings is 3. The number of hydrogen-bond acceptors (Lipinski definition) is 5. The fourth-order valence-corrected chi connectivity index (χ4v) is 3.75. The molecule has 3 rings (SSSR count). The van der Waals surface area contributed by atoms with E-state index in [1.165, 1.54) is 0 Å². The molecule has 0 aromatic heterocycles. The van der Waals surface area contributed by atoms with Crippen LogP contribution in [0.25, 0.3) is 0 Å². The summed E-state index contributed by atoms with van der Waals surface area (Å²) >= 11 is 0. The quantitative estimate of drug-likeness (QED) is 0.457. The zero-order valence-electron chi connectivity index (χ0n) is 19.4. The van der Waals surface area contributed by atoms with Crippen molar-refractivity contribution >= 4 is 11.8 Å². The summed E-state index contributed by atoms with van der Waals surface area (Å²) < 4.78 is 10.7. The smallest absolute Gasteiger partial charge is 0.247 e. The van der Waals surface area contributed by atoms with Crippen molar-refractivity contribution in [3.63, 3.8) is 0 Å². The molecule has 3 aromatic rings. The van der Waals surface area contributed by atoms with Crippen LogP contribution < -0.4 is 14.8 Å². The summed E-state index contributed by atoms with van der Waals surface area (Å²) in [5, 5.41) is 11.9. The summed E-state index contributed by atoms with van der Waals surface area (Å²) in [6.07, 6.45) is 0.0732. The van der Waals surface area contributed by atoms with E-state index in [-0.39, 0.29) is 37.9 Å². The number of nitrogens with zero attached hydrogens (tertiary/aromatic N) is 1. The Kier molecular flexibility index (Phi) is 9.05. The monoisotopic (exact) mass is 462 g/mol. The maximum absolute atomic E-state index is 13.7. The van der Waals surface area contributed by atoms with Crippen molar-refractivity contribution in [1.82, 2.24) is 10.2 Å². The summed E-state index contributed by atoms with van der Waals surface area (Å²) in [6, 6.07) is 23.2. The molecule has 0 fully saturated rings. The highest BCUT2D eigenvalue weighted by molar-refractivity contribution is 5.89. The summed E-state index contributed by atoms with van der Waals surface area (Å²) in [7, 11) is 3.10. The van der Waals surface area contributed by atoms with Crippen LogP contribution in [-0.2, 0) is 22.6 Å². The minimum atomic E-state index is -0.861. The molecule has 0 heterocycles. The fourth-order valence-electron chi connectivity index (χ4n) is 3.75. The van der Waals surface area contributed by atoms with Crippen molar-refractivity contribution in [1.29, 1.82) is 0 Å². The van der Waals surface area contributed by atoms with E-state index >= 15 is 0 Å². The van der Waals surface area contributed by atoms with E-state index in [9.17, 15) is 14.7 Å². The second-order valence-electron chi connectivity index (χ2n) is 7.70. The van der Waals surface area contributed by atoms with Gasteiger partial charge in [0, 0.05) is 13.1 Å². The molecule has 7 heteroatoms. The molecule has 34 heavy (non-hydrogen) atoms. The molecule has 0 aliphatic rings. The zero-order chi connectivity index (χ0) is 24.3. The van der Waals surface area contributed by atoms with Crippen molar-refractivity contribution in [2.24, 2.45) is 0 Å². The standard InChI is InChI=1S/C27H30N2O5/c1-33-23-14-13-21(17-24(23)34-2)18-25(31)29(19-20-9-5-3-6-10-20)26(27(32)28-15-16-30)22-11-7-4-8-12-22/h3-14,17,26,30H,15-16,18-19H2,1-2H3,(H,28,32). The van der Waals surface area contributed by atoms with Gasteiger partial charge in [-0.3, -0.25) is 9.59 Å². The van der Waals surface area contributed by atoms with Crippen LogP contribution in [0.3, 0.4) is 0 Å². The van der Waals surface area contributed by atoms with E-state index in [1.807, 2.05) is 66.7 Å². The molecule has 0 radical (unpaired) electrons. The average Bonchev–Trinajstić information content (AvgIpc) is 2.88. The van der Waals surface area contributed by atoms with Gasteiger partial charge in [-0.15, -0.1) is 0 Å². The lowest BCUT2D eigenvalue weighted by Crippen LogP contribution is -2.44. The van der Waals surface area contributed by atoms with Gasteiger partial charge >= 0.3 is 0 Å².